The zero-order valence-corrected chi connectivity index (χ0v) is 12.1. The number of rotatable bonds is 4. The third kappa shape index (κ3) is 2.95. The van der Waals surface area contributed by atoms with E-state index < -0.39 is 0 Å². The number of aliphatic imine (C=N–C) groups is 1. The van der Waals surface area contributed by atoms with Crippen LogP contribution in [-0.4, -0.2) is 40.0 Å². The smallest absolute Gasteiger partial charge is 0.161 e. The van der Waals surface area contributed by atoms with Crippen molar-refractivity contribution in [1.82, 2.24) is 9.78 Å². The van der Waals surface area contributed by atoms with E-state index in [1.165, 1.54) is 25.7 Å². The molecule has 1 aliphatic carbocycles. The maximum Gasteiger partial charge on any atom is 0.161 e. The fourth-order valence-electron chi connectivity index (χ4n) is 2.69. The molecule has 5 nitrogen and oxygen atoms in total. The van der Waals surface area contributed by atoms with Crippen molar-refractivity contribution in [2.24, 2.45) is 4.99 Å². The molecule has 2 aliphatic rings. The lowest BCUT2D eigenvalue weighted by Gasteiger charge is -2.16. The minimum atomic E-state index is 0.235. The Labute approximate surface area is 117 Å². The first-order chi connectivity index (χ1) is 9.30. The molecule has 1 N–H and O–H groups in total. The van der Waals surface area contributed by atoms with Gasteiger partial charge in [0.1, 0.15) is 0 Å². The van der Waals surface area contributed by atoms with Gasteiger partial charge in [0.25, 0.3) is 0 Å². The molecular formula is C13H20N4OS. The number of nitrogens with zero attached hydrogens (tertiary/aromatic N) is 3. The predicted molar refractivity (Wildman–Crippen MR) is 78.8 cm³/mol. The van der Waals surface area contributed by atoms with E-state index in [2.05, 4.69) is 10.4 Å². The highest BCUT2D eigenvalue weighted by atomic mass is 32.2. The number of methoxy groups -OCH3 is 1. The Morgan fingerprint density at radius 1 is 1.47 bits per heavy atom. The molecule has 1 saturated carbocycles. The summed E-state index contributed by atoms with van der Waals surface area (Å²) in [5.74, 6) is 1.13. The Bertz CT molecular complexity index is 465. The second-order valence-electron chi connectivity index (χ2n) is 5.25. The highest BCUT2D eigenvalue weighted by molar-refractivity contribution is 8.14. The molecule has 0 bridgehead atoms. The molecule has 1 aromatic heterocycles. The number of hydrogen-bond donors (Lipinski definition) is 1. The van der Waals surface area contributed by atoms with Gasteiger partial charge in [-0.1, -0.05) is 24.6 Å². The van der Waals surface area contributed by atoms with Crippen LogP contribution >= 0.6 is 11.8 Å². The molecule has 2 heterocycles. The Morgan fingerprint density at radius 3 is 3.11 bits per heavy atom. The first kappa shape index (κ1) is 13.0. The number of nitrogens with one attached hydrogen (secondary N) is 1. The fraction of sp³-hybridized carbons (Fsp3) is 0.692. The maximum absolute atomic E-state index is 5.04. The van der Waals surface area contributed by atoms with Crippen LogP contribution in [0.2, 0.25) is 0 Å². The Hall–Kier alpha value is -1.01. The number of hydrogen-bond acceptors (Lipinski definition) is 5. The summed E-state index contributed by atoms with van der Waals surface area (Å²) in [7, 11) is 1.70. The third-order valence-corrected chi connectivity index (χ3v) is 4.91. The van der Waals surface area contributed by atoms with Gasteiger partial charge in [0, 0.05) is 19.1 Å². The van der Waals surface area contributed by atoms with Crippen LogP contribution in [-0.2, 0) is 11.3 Å². The topological polar surface area (TPSA) is 51.4 Å². The van der Waals surface area contributed by atoms with Gasteiger partial charge in [0.15, 0.2) is 5.17 Å². The van der Waals surface area contributed by atoms with Gasteiger partial charge in [0.05, 0.1) is 30.6 Å². The van der Waals surface area contributed by atoms with E-state index in [4.69, 9.17) is 9.73 Å². The van der Waals surface area contributed by atoms with E-state index >= 15 is 0 Å². The predicted octanol–water partition coefficient (Wildman–Crippen LogP) is 2.36. The normalized spacial score (nSPS) is 21.0. The summed E-state index contributed by atoms with van der Waals surface area (Å²) in [6, 6.07) is 0. The SMILES string of the molecule is COCCn1cc(NC2=NC3(CCCC3)CS2)cn1. The molecule has 0 amide bonds. The van der Waals surface area contributed by atoms with Crippen LogP contribution in [0.1, 0.15) is 25.7 Å². The van der Waals surface area contributed by atoms with E-state index in [9.17, 15) is 0 Å². The average molecular weight is 280 g/mol. The summed E-state index contributed by atoms with van der Waals surface area (Å²) in [6.45, 7) is 1.46. The van der Waals surface area contributed by atoms with Gasteiger partial charge in [0.2, 0.25) is 0 Å². The minimum Gasteiger partial charge on any atom is -0.383 e. The summed E-state index contributed by atoms with van der Waals surface area (Å²) in [5.41, 5.74) is 1.25. The Balaban J connectivity index is 1.61. The molecule has 6 heteroatoms. The second kappa shape index (κ2) is 5.54. The van der Waals surface area contributed by atoms with E-state index in [0.717, 1.165) is 23.2 Å². The highest BCUT2D eigenvalue weighted by Gasteiger charge is 2.38. The lowest BCUT2D eigenvalue weighted by Crippen LogP contribution is -2.21. The summed E-state index contributed by atoms with van der Waals surface area (Å²) in [4.78, 5) is 4.89. The molecule has 0 aromatic carbocycles. The summed E-state index contributed by atoms with van der Waals surface area (Å²) in [6.07, 6.45) is 9.00. The van der Waals surface area contributed by atoms with E-state index in [1.54, 1.807) is 7.11 Å². The van der Waals surface area contributed by atoms with Gasteiger partial charge in [-0.15, -0.1) is 0 Å². The number of ether oxygens (including phenoxy) is 1. The second-order valence-corrected chi connectivity index (χ2v) is 6.21. The van der Waals surface area contributed by atoms with Crippen LogP contribution in [0, 0.1) is 0 Å². The van der Waals surface area contributed by atoms with Crippen LogP contribution in [0.4, 0.5) is 5.69 Å². The largest absolute Gasteiger partial charge is 0.383 e. The lowest BCUT2D eigenvalue weighted by molar-refractivity contribution is 0.183. The number of aromatic nitrogens is 2. The molecule has 0 saturated heterocycles. The van der Waals surface area contributed by atoms with E-state index in [0.29, 0.717) is 6.61 Å². The van der Waals surface area contributed by atoms with Gasteiger partial charge in [-0.05, 0) is 12.8 Å². The van der Waals surface area contributed by atoms with Gasteiger partial charge >= 0.3 is 0 Å². The molecule has 1 aromatic rings. The molecule has 3 rings (SSSR count). The van der Waals surface area contributed by atoms with Crippen LogP contribution in [0.25, 0.3) is 0 Å². The molecule has 0 radical (unpaired) electrons. The van der Waals surface area contributed by atoms with Crippen LogP contribution in [0.3, 0.4) is 0 Å². The Kier molecular flexibility index (Phi) is 3.79. The van der Waals surface area contributed by atoms with Crippen molar-refractivity contribution in [2.45, 2.75) is 37.8 Å². The number of anilines is 1. The van der Waals surface area contributed by atoms with Gasteiger partial charge in [-0.25, -0.2) is 0 Å². The zero-order chi connectivity index (χ0) is 13.1. The molecule has 19 heavy (non-hydrogen) atoms. The quantitative estimate of drug-likeness (QED) is 0.920. The molecule has 1 spiro atoms. The molecule has 104 valence electrons. The molecule has 1 aliphatic heterocycles. The molecule has 0 atom stereocenters. The zero-order valence-electron chi connectivity index (χ0n) is 11.3. The molecule has 1 fully saturated rings. The minimum absolute atomic E-state index is 0.235. The first-order valence-electron chi connectivity index (χ1n) is 6.81. The Morgan fingerprint density at radius 2 is 2.32 bits per heavy atom. The van der Waals surface area contributed by atoms with Crippen molar-refractivity contribution in [3.8, 4) is 0 Å². The summed E-state index contributed by atoms with van der Waals surface area (Å²) < 4.78 is 6.93. The van der Waals surface area contributed by atoms with E-state index in [1.807, 2.05) is 28.8 Å². The van der Waals surface area contributed by atoms with Crippen molar-refractivity contribution in [3.63, 3.8) is 0 Å². The van der Waals surface area contributed by atoms with Gasteiger partial charge in [-0.3, -0.25) is 9.67 Å². The van der Waals surface area contributed by atoms with Crippen molar-refractivity contribution in [2.75, 3.05) is 24.8 Å². The molecular weight excluding hydrogens is 260 g/mol. The van der Waals surface area contributed by atoms with Crippen LogP contribution in [0.15, 0.2) is 17.4 Å². The summed E-state index contributed by atoms with van der Waals surface area (Å²) >= 11 is 1.84. The number of amidine groups is 1. The van der Waals surface area contributed by atoms with Crippen molar-refractivity contribution < 1.29 is 4.74 Å². The first-order valence-corrected chi connectivity index (χ1v) is 7.79. The van der Waals surface area contributed by atoms with Crippen LogP contribution < -0.4 is 5.32 Å². The highest BCUT2D eigenvalue weighted by Crippen LogP contribution is 2.41. The van der Waals surface area contributed by atoms with Crippen molar-refractivity contribution >= 4 is 22.6 Å². The summed E-state index contributed by atoms with van der Waals surface area (Å²) in [5, 5.41) is 8.72. The third-order valence-electron chi connectivity index (χ3n) is 3.76. The van der Waals surface area contributed by atoms with Crippen LogP contribution in [0.5, 0.6) is 0 Å². The number of thioether (sulfide) groups is 1. The van der Waals surface area contributed by atoms with E-state index in [-0.39, 0.29) is 5.54 Å². The molecule has 0 unspecified atom stereocenters. The fourth-order valence-corrected chi connectivity index (χ4v) is 3.90. The monoisotopic (exact) mass is 280 g/mol. The van der Waals surface area contributed by atoms with Gasteiger partial charge < -0.3 is 10.1 Å². The standard InChI is InChI=1S/C13H20N4OS/c1-18-7-6-17-9-11(8-14-17)15-12-16-13(10-19-12)4-2-3-5-13/h8-9H,2-7,10H2,1H3,(H,15,16). The average Bonchev–Trinajstić information content (AvgIpc) is 3.12. The van der Waals surface area contributed by atoms with Crippen molar-refractivity contribution in [3.05, 3.63) is 12.4 Å². The van der Waals surface area contributed by atoms with Gasteiger partial charge in [-0.2, -0.15) is 5.10 Å². The lowest BCUT2D eigenvalue weighted by atomic mass is 10.0. The van der Waals surface area contributed by atoms with Crippen molar-refractivity contribution in [1.29, 1.82) is 0 Å². The maximum atomic E-state index is 5.04.